The normalized spacial score (nSPS) is 14.6. The second kappa shape index (κ2) is 10.8. The average molecular weight is 553 g/mol. The number of anilines is 1. The van der Waals surface area contributed by atoms with E-state index in [0.717, 1.165) is 39.4 Å². The van der Waals surface area contributed by atoms with Crippen LogP contribution in [0.3, 0.4) is 0 Å². The van der Waals surface area contributed by atoms with Crippen LogP contribution in [0.2, 0.25) is 0 Å². The van der Waals surface area contributed by atoms with Gasteiger partial charge in [-0.05, 0) is 37.1 Å². The monoisotopic (exact) mass is 552 g/mol. The van der Waals surface area contributed by atoms with Gasteiger partial charge in [0.15, 0.2) is 5.65 Å². The van der Waals surface area contributed by atoms with Gasteiger partial charge in [0.2, 0.25) is 10.0 Å². The van der Waals surface area contributed by atoms with Crippen LogP contribution in [0, 0.1) is 13.8 Å². The zero-order chi connectivity index (χ0) is 27.7. The van der Waals surface area contributed by atoms with Crippen LogP contribution < -0.4 is 4.90 Å². The molecule has 8 nitrogen and oxygen atoms in total. The number of benzene rings is 3. The molecule has 3 heterocycles. The maximum atomic E-state index is 13.2. The van der Waals surface area contributed by atoms with Crippen molar-refractivity contribution < 1.29 is 8.42 Å². The molecule has 40 heavy (non-hydrogen) atoms. The summed E-state index contributed by atoms with van der Waals surface area (Å²) in [5, 5.41) is 5.76. The standard InChI is InChI=1S/C31H32N6O2S/c1-23-13-15-25(16-14-23)21-28-32-30(29-24(2)34-37(31(29)33-28)27-11-7-4-8-12-27)35-17-19-36(20-18-35)40(38,39)22-26-9-5-3-6-10-26/h3-16H,17-22H2,1-2H3. The third-order valence-corrected chi connectivity index (χ3v) is 9.19. The van der Waals surface area contributed by atoms with Gasteiger partial charge in [-0.25, -0.2) is 23.1 Å². The van der Waals surface area contributed by atoms with Gasteiger partial charge < -0.3 is 4.90 Å². The minimum absolute atomic E-state index is 0.00917. The number of nitrogens with zero attached hydrogens (tertiary/aromatic N) is 6. The highest BCUT2D eigenvalue weighted by Gasteiger charge is 2.30. The Balaban J connectivity index is 1.34. The number of aromatic nitrogens is 4. The van der Waals surface area contributed by atoms with E-state index in [1.807, 2.05) is 72.3 Å². The highest BCUT2D eigenvalue weighted by Crippen LogP contribution is 2.30. The molecule has 0 unspecified atom stereocenters. The predicted octanol–water partition coefficient (Wildman–Crippen LogP) is 4.68. The zero-order valence-corrected chi connectivity index (χ0v) is 23.6. The van der Waals surface area contributed by atoms with Crippen molar-refractivity contribution in [2.45, 2.75) is 26.0 Å². The van der Waals surface area contributed by atoms with Gasteiger partial charge in [-0.3, -0.25) is 0 Å². The number of sulfonamides is 1. The Hall–Kier alpha value is -4.08. The van der Waals surface area contributed by atoms with E-state index >= 15 is 0 Å². The van der Waals surface area contributed by atoms with Crippen molar-refractivity contribution >= 4 is 26.9 Å². The van der Waals surface area contributed by atoms with Crippen molar-refractivity contribution in [1.29, 1.82) is 0 Å². The van der Waals surface area contributed by atoms with Crippen LogP contribution in [-0.4, -0.2) is 58.7 Å². The highest BCUT2D eigenvalue weighted by molar-refractivity contribution is 7.88. The van der Waals surface area contributed by atoms with E-state index in [9.17, 15) is 8.42 Å². The summed E-state index contributed by atoms with van der Waals surface area (Å²) in [7, 11) is -3.42. The number of fused-ring (bicyclic) bond motifs is 1. The van der Waals surface area contributed by atoms with Crippen LogP contribution in [-0.2, 0) is 22.2 Å². The lowest BCUT2D eigenvalue weighted by atomic mass is 10.1. The maximum Gasteiger partial charge on any atom is 0.218 e. The van der Waals surface area contributed by atoms with E-state index < -0.39 is 10.0 Å². The first-order chi connectivity index (χ1) is 19.4. The molecule has 0 N–H and O–H groups in total. The van der Waals surface area contributed by atoms with Gasteiger partial charge in [0.1, 0.15) is 11.6 Å². The molecule has 5 aromatic rings. The molecule has 1 fully saturated rings. The minimum atomic E-state index is -3.42. The molecule has 1 saturated heterocycles. The van der Waals surface area contributed by atoms with Crippen molar-refractivity contribution in [2.75, 3.05) is 31.1 Å². The van der Waals surface area contributed by atoms with Crippen molar-refractivity contribution in [3.05, 3.63) is 113 Å². The van der Waals surface area contributed by atoms with E-state index in [1.54, 1.807) is 4.31 Å². The number of piperazine rings is 1. The Morgan fingerprint density at radius 1 is 0.750 bits per heavy atom. The Labute approximate surface area is 235 Å². The van der Waals surface area contributed by atoms with Crippen LogP contribution in [0.15, 0.2) is 84.9 Å². The largest absolute Gasteiger partial charge is 0.353 e. The second-order valence-corrected chi connectivity index (χ2v) is 12.3. The predicted molar refractivity (Wildman–Crippen MR) is 158 cm³/mol. The Morgan fingerprint density at radius 2 is 1.40 bits per heavy atom. The maximum absolute atomic E-state index is 13.2. The summed E-state index contributed by atoms with van der Waals surface area (Å²) < 4.78 is 29.8. The summed E-state index contributed by atoms with van der Waals surface area (Å²) >= 11 is 0. The molecule has 0 radical (unpaired) electrons. The van der Waals surface area contributed by atoms with Gasteiger partial charge in [0.25, 0.3) is 0 Å². The second-order valence-electron chi connectivity index (χ2n) is 10.3. The van der Waals surface area contributed by atoms with Crippen LogP contribution in [0.4, 0.5) is 5.82 Å². The third kappa shape index (κ3) is 5.35. The quantitative estimate of drug-likeness (QED) is 0.292. The van der Waals surface area contributed by atoms with Crippen molar-refractivity contribution in [2.24, 2.45) is 0 Å². The molecule has 9 heteroatoms. The number of para-hydroxylation sites is 1. The molecule has 0 atom stereocenters. The lowest BCUT2D eigenvalue weighted by Crippen LogP contribution is -2.49. The molecule has 0 spiro atoms. The molecule has 204 valence electrons. The molecule has 3 aromatic carbocycles. The van der Waals surface area contributed by atoms with Gasteiger partial charge in [0, 0.05) is 32.6 Å². The Bertz CT molecular complexity index is 1730. The summed E-state index contributed by atoms with van der Waals surface area (Å²) in [6.07, 6.45) is 0.591. The number of rotatable bonds is 7. The Morgan fingerprint density at radius 3 is 2.08 bits per heavy atom. The molecule has 0 saturated carbocycles. The van der Waals surface area contributed by atoms with E-state index in [0.29, 0.717) is 38.4 Å². The van der Waals surface area contributed by atoms with Gasteiger partial charge in [-0.2, -0.15) is 9.40 Å². The first-order valence-electron chi connectivity index (χ1n) is 13.5. The summed E-state index contributed by atoms with van der Waals surface area (Å²) in [6, 6.07) is 27.8. The fraction of sp³-hybridized carbons (Fsp3) is 0.258. The van der Waals surface area contributed by atoms with E-state index in [-0.39, 0.29) is 5.75 Å². The number of aryl methyl sites for hydroxylation is 2. The molecular weight excluding hydrogens is 520 g/mol. The Kier molecular flexibility index (Phi) is 7.08. The fourth-order valence-corrected chi connectivity index (χ4v) is 6.72. The lowest BCUT2D eigenvalue weighted by molar-refractivity contribution is 0.383. The molecule has 2 aromatic heterocycles. The lowest BCUT2D eigenvalue weighted by Gasteiger charge is -2.35. The summed E-state index contributed by atoms with van der Waals surface area (Å²) in [5.74, 6) is 1.53. The highest BCUT2D eigenvalue weighted by atomic mass is 32.2. The minimum Gasteiger partial charge on any atom is -0.353 e. The van der Waals surface area contributed by atoms with E-state index in [1.165, 1.54) is 5.56 Å². The van der Waals surface area contributed by atoms with Crippen molar-refractivity contribution in [3.8, 4) is 5.69 Å². The van der Waals surface area contributed by atoms with Crippen molar-refractivity contribution in [1.82, 2.24) is 24.1 Å². The first kappa shape index (κ1) is 26.2. The summed E-state index contributed by atoms with van der Waals surface area (Å²) in [5.41, 5.74) is 5.68. The van der Waals surface area contributed by atoms with Gasteiger partial charge in [0.05, 0.1) is 22.5 Å². The average Bonchev–Trinajstić information content (AvgIpc) is 3.31. The van der Waals surface area contributed by atoms with E-state index in [4.69, 9.17) is 15.1 Å². The van der Waals surface area contributed by atoms with Crippen molar-refractivity contribution in [3.63, 3.8) is 0 Å². The molecule has 1 aliphatic heterocycles. The molecule has 1 aliphatic rings. The van der Waals surface area contributed by atoms with Gasteiger partial charge in [-0.1, -0.05) is 78.4 Å². The fourth-order valence-electron chi connectivity index (χ4n) is 5.21. The molecule has 6 rings (SSSR count). The summed E-state index contributed by atoms with van der Waals surface area (Å²) in [4.78, 5) is 12.2. The van der Waals surface area contributed by atoms with Crippen LogP contribution in [0.1, 0.15) is 28.2 Å². The van der Waals surface area contributed by atoms with Gasteiger partial charge >= 0.3 is 0 Å². The van der Waals surface area contributed by atoms with Crippen LogP contribution >= 0.6 is 0 Å². The molecular formula is C31H32N6O2S. The third-order valence-electron chi connectivity index (χ3n) is 7.34. The van der Waals surface area contributed by atoms with Crippen LogP contribution in [0.5, 0.6) is 0 Å². The first-order valence-corrected chi connectivity index (χ1v) is 15.1. The SMILES string of the molecule is Cc1ccc(Cc2nc(N3CCN(S(=O)(=O)Cc4ccccc4)CC3)c3c(C)nn(-c4ccccc4)c3n2)cc1. The zero-order valence-electron chi connectivity index (χ0n) is 22.7. The summed E-state index contributed by atoms with van der Waals surface area (Å²) in [6.45, 7) is 5.94. The molecule has 0 bridgehead atoms. The van der Waals surface area contributed by atoms with E-state index in [2.05, 4.69) is 36.1 Å². The molecule has 0 aliphatic carbocycles. The van der Waals surface area contributed by atoms with Crippen LogP contribution in [0.25, 0.3) is 16.7 Å². The number of hydrogen-bond donors (Lipinski definition) is 0. The van der Waals surface area contributed by atoms with Gasteiger partial charge in [-0.15, -0.1) is 0 Å². The molecule has 0 amide bonds. The topological polar surface area (TPSA) is 84.2 Å². The number of hydrogen-bond acceptors (Lipinski definition) is 6. The smallest absolute Gasteiger partial charge is 0.218 e.